The number of ether oxygens (including phenoxy) is 1. The topological polar surface area (TPSA) is 103 Å². The summed E-state index contributed by atoms with van der Waals surface area (Å²) in [5.41, 5.74) is 6.06. The predicted molar refractivity (Wildman–Crippen MR) is 135 cm³/mol. The summed E-state index contributed by atoms with van der Waals surface area (Å²) in [5.74, 6) is 1.28. The van der Waals surface area contributed by atoms with Gasteiger partial charge in [-0.1, -0.05) is 18.2 Å². The molecule has 2 aliphatic rings. The zero-order chi connectivity index (χ0) is 23.9. The molecule has 1 saturated heterocycles. The Balaban J connectivity index is 1.15. The summed E-state index contributed by atoms with van der Waals surface area (Å²) in [6.45, 7) is 4.16. The molecule has 2 aromatic heterocycles. The van der Waals surface area contributed by atoms with Crippen molar-refractivity contribution in [3.05, 3.63) is 53.5 Å². The van der Waals surface area contributed by atoms with Gasteiger partial charge in [-0.3, -0.25) is 9.59 Å². The highest BCUT2D eigenvalue weighted by atomic mass is 32.1. The Labute approximate surface area is 205 Å². The molecule has 35 heavy (non-hydrogen) atoms. The first-order valence-corrected chi connectivity index (χ1v) is 12.4. The van der Waals surface area contributed by atoms with Crippen LogP contribution < -0.4 is 15.0 Å². The Morgan fingerprint density at radius 1 is 1.23 bits per heavy atom. The zero-order valence-corrected chi connectivity index (χ0v) is 20.0. The first kappa shape index (κ1) is 21.6. The Morgan fingerprint density at radius 2 is 2.11 bits per heavy atom. The molecule has 1 fully saturated rings. The minimum atomic E-state index is -0.184. The number of aromatic nitrogens is 3. The quantitative estimate of drug-likeness (QED) is 0.457. The van der Waals surface area contributed by atoms with Crippen molar-refractivity contribution in [2.24, 2.45) is 0 Å². The Hall–Kier alpha value is -3.92. The number of hydrogen-bond acceptors (Lipinski definition) is 7. The average molecular weight is 489 g/mol. The number of aromatic amines is 1. The van der Waals surface area contributed by atoms with Crippen LogP contribution in [0, 0.1) is 0 Å². The molecule has 9 nitrogen and oxygen atoms in total. The number of H-pyrrole nitrogens is 1. The van der Waals surface area contributed by atoms with Crippen LogP contribution in [0.4, 0.5) is 10.7 Å². The maximum atomic E-state index is 13.2. The molecule has 178 valence electrons. The molecule has 0 bridgehead atoms. The molecule has 2 N–H and O–H groups in total. The van der Waals surface area contributed by atoms with Crippen LogP contribution >= 0.6 is 11.3 Å². The molecule has 1 atom stereocenters. The van der Waals surface area contributed by atoms with Crippen LogP contribution in [0.3, 0.4) is 0 Å². The number of benzene rings is 2. The lowest BCUT2D eigenvalue weighted by atomic mass is 10.1. The second-order valence-corrected chi connectivity index (χ2v) is 9.67. The van der Waals surface area contributed by atoms with E-state index in [9.17, 15) is 9.59 Å². The van der Waals surface area contributed by atoms with Crippen LogP contribution in [-0.2, 0) is 16.0 Å². The average Bonchev–Trinajstić information content (AvgIpc) is 3.50. The number of carbonyl (C=O) groups excluding carboxylic acids is 2. The highest BCUT2D eigenvalue weighted by molar-refractivity contribution is 7.14. The number of carbonyl (C=O) groups is 2. The zero-order valence-electron chi connectivity index (χ0n) is 19.2. The molecular formula is C25H24N6O3S. The molecule has 0 spiro atoms. The van der Waals surface area contributed by atoms with Gasteiger partial charge in [-0.05, 0) is 36.8 Å². The van der Waals surface area contributed by atoms with Crippen LogP contribution in [0.25, 0.3) is 22.6 Å². The fourth-order valence-electron chi connectivity index (χ4n) is 4.72. The Bertz CT molecular complexity index is 1400. The summed E-state index contributed by atoms with van der Waals surface area (Å²) in [5, 5.41) is 3.87. The molecule has 4 aromatic rings. The van der Waals surface area contributed by atoms with Gasteiger partial charge in [-0.2, -0.15) is 0 Å². The van der Waals surface area contributed by atoms with E-state index in [0.29, 0.717) is 18.0 Å². The van der Waals surface area contributed by atoms with Gasteiger partial charge in [0, 0.05) is 25.7 Å². The van der Waals surface area contributed by atoms with Crippen molar-refractivity contribution in [1.82, 2.24) is 19.9 Å². The van der Waals surface area contributed by atoms with Gasteiger partial charge in [0.2, 0.25) is 5.91 Å². The Morgan fingerprint density at radius 3 is 2.97 bits per heavy atom. The summed E-state index contributed by atoms with van der Waals surface area (Å²) >= 11 is 1.59. The molecule has 0 radical (unpaired) electrons. The molecular weight excluding hydrogens is 464 g/mol. The van der Waals surface area contributed by atoms with Crippen LogP contribution in [0.15, 0.2) is 48.0 Å². The number of nitrogens with one attached hydrogen (secondary N) is 2. The lowest BCUT2D eigenvalue weighted by molar-refractivity contribution is -0.132. The third kappa shape index (κ3) is 4.10. The van der Waals surface area contributed by atoms with Crippen LogP contribution in [-0.4, -0.2) is 63.9 Å². The van der Waals surface area contributed by atoms with Crippen molar-refractivity contribution >= 4 is 44.9 Å². The SMILES string of the molecule is CC1CN(c2scnc2-c2nc3ccccc3[nH]2)CCN1C(=O)Cc1ccc2c(c1)NC(=O)CO2. The van der Waals surface area contributed by atoms with E-state index in [1.807, 2.05) is 52.9 Å². The first-order chi connectivity index (χ1) is 17.0. The van der Waals surface area contributed by atoms with Crippen LogP contribution in [0.1, 0.15) is 12.5 Å². The highest BCUT2D eigenvalue weighted by Gasteiger charge is 2.30. The van der Waals surface area contributed by atoms with Gasteiger partial charge in [0.15, 0.2) is 12.4 Å². The largest absolute Gasteiger partial charge is 0.482 e. The molecule has 4 heterocycles. The van der Waals surface area contributed by atoms with E-state index in [2.05, 4.69) is 27.1 Å². The van der Waals surface area contributed by atoms with Gasteiger partial charge in [-0.15, -0.1) is 11.3 Å². The second kappa shape index (κ2) is 8.70. The van der Waals surface area contributed by atoms with E-state index in [0.717, 1.165) is 46.2 Å². The third-order valence-corrected chi connectivity index (χ3v) is 7.32. The van der Waals surface area contributed by atoms with Gasteiger partial charge in [0.1, 0.15) is 16.4 Å². The van der Waals surface area contributed by atoms with E-state index >= 15 is 0 Å². The highest BCUT2D eigenvalue weighted by Crippen LogP contribution is 2.35. The lowest BCUT2D eigenvalue weighted by Crippen LogP contribution is -2.54. The standard InChI is InChI=1S/C25H24N6O3S/c1-15-12-30(25-23(26-14-35-25)24-28-17-4-2-3-5-18(17)29-24)8-9-31(15)22(33)11-16-6-7-20-19(10-16)27-21(32)13-34-20/h2-7,10,14-15H,8-9,11-13H2,1H3,(H,27,32)(H,28,29). The number of fused-ring (bicyclic) bond motifs is 2. The maximum absolute atomic E-state index is 13.2. The molecule has 6 rings (SSSR count). The van der Waals surface area contributed by atoms with Crippen molar-refractivity contribution < 1.29 is 14.3 Å². The molecule has 2 aromatic carbocycles. The van der Waals surface area contributed by atoms with E-state index in [-0.39, 0.29) is 30.9 Å². The van der Waals surface area contributed by atoms with Gasteiger partial charge < -0.3 is 24.8 Å². The van der Waals surface area contributed by atoms with E-state index < -0.39 is 0 Å². The summed E-state index contributed by atoms with van der Waals surface area (Å²) < 4.78 is 5.41. The van der Waals surface area contributed by atoms with E-state index in [4.69, 9.17) is 9.72 Å². The molecule has 0 saturated carbocycles. The van der Waals surface area contributed by atoms with Gasteiger partial charge >= 0.3 is 0 Å². The minimum Gasteiger partial charge on any atom is -0.482 e. The molecule has 2 aliphatic heterocycles. The summed E-state index contributed by atoms with van der Waals surface area (Å²) in [6.07, 6.45) is 0.276. The minimum absolute atomic E-state index is 0.0187. The van der Waals surface area contributed by atoms with Gasteiger partial charge in [-0.25, -0.2) is 9.97 Å². The Kier molecular flexibility index (Phi) is 5.37. The number of para-hydroxylation sites is 2. The number of nitrogens with zero attached hydrogens (tertiary/aromatic N) is 4. The monoisotopic (exact) mass is 488 g/mol. The van der Waals surface area contributed by atoms with Crippen molar-refractivity contribution in [3.63, 3.8) is 0 Å². The normalized spacial score (nSPS) is 17.7. The smallest absolute Gasteiger partial charge is 0.262 e. The maximum Gasteiger partial charge on any atom is 0.262 e. The lowest BCUT2D eigenvalue weighted by Gasteiger charge is -2.40. The predicted octanol–water partition coefficient (Wildman–Crippen LogP) is 3.30. The first-order valence-electron chi connectivity index (χ1n) is 11.5. The van der Waals surface area contributed by atoms with Crippen molar-refractivity contribution in [1.29, 1.82) is 0 Å². The van der Waals surface area contributed by atoms with Gasteiger partial charge in [0.25, 0.3) is 5.91 Å². The fraction of sp³-hybridized carbons (Fsp3) is 0.280. The number of hydrogen-bond donors (Lipinski definition) is 2. The molecule has 2 amide bonds. The summed E-state index contributed by atoms with van der Waals surface area (Å²) in [7, 11) is 0. The van der Waals surface area contributed by atoms with E-state index in [1.165, 1.54) is 0 Å². The summed E-state index contributed by atoms with van der Waals surface area (Å²) in [4.78, 5) is 41.7. The fourth-order valence-corrected chi connectivity index (χ4v) is 5.55. The molecule has 0 aliphatic carbocycles. The third-order valence-electron chi connectivity index (χ3n) is 6.43. The second-order valence-electron chi connectivity index (χ2n) is 8.83. The molecule has 1 unspecified atom stereocenters. The van der Waals surface area contributed by atoms with Crippen LogP contribution in [0.2, 0.25) is 0 Å². The van der Waals surface area contributed by atoms with E-state index in [1.54, 1.807) is 11.3 Å². The number of amides is 2. The number of imidazole rings is 1. The number of piperazine rings is 1. The number of rotatable bonds is 4. The van der Waals surface area contributed by atoms with Gasteiger partial charge in [0.05, 0.1) is 28.7 Å². The van der Waals surface area contributed by atoms with Crippen molar-refractivity contribution in [2.75, 3.05) is 36.5 Å². The molecule has 10 heteroatoms. The van der Waals surface area contributed by atoms with Crippen molar-refractivity contribution in [3.8, 4) is 17.3 Å². The number of anilines is 2. The van der Waals surface area contributed by atoms with Crippen LogP contribution in [0.5, 0.6) is 5.75 Å². The summed E-state index contributed by atoms with van der Waals surface area (Å²) in [6, 6.07) is 13.5. The van der Waals surface area contributed by atoms with Crippen molar-refractivity contribution in [2.45, 2.75) is 19.4 Å². The number of thiazole rings is 1.